The molecule has 0 aliphatic carbocycles. The van der Waals surface area contributed by atoms with Crippen molar-refractivity contribution in [3.05, 3.63) is 0 Å². The van der Waals surface area contributed by atoms with E-state index in [9.17, 15) is 14.7 Å². The average Bonchev–Trinajstić information content (AvgIpc) is 2.20. The van der Waals surface area contributed by atoms with E-state index in [-0.39, 0.29) is 5.91 Å². The zero-order valence-corrected chi connectivity index (χ0v) is 10.5. The van der Waals surface area contributed by atoms with Gasteiger partial charge in [0.05, 0.1) is 0 Å². The van der Waals surface area contributed by atoms with Crippen LogP contribution >= 0.6 is 0 Å². The average molecular weight is 230 g/mol. The van der Waals surface area contributed by atoms with E-state index in [0.717, 1.165) is 12.8 Å². The van der Waals surface area contributed by atoms with Crippen molar-refractivity contribution in [3.63, 3.8) is 0 Å². The highest BCUT2D eigenvalue weighted by molar-refractivity contribution is 5.84. The van der Waals surface area contributed by atoms with E-state index in [1.165, 1.54) is 0 Å². The molecular formula is C11H22N2O3. The lowest BCUT2D eigenvalue weighted by Gasteiger charge is -2.24. The molecule has 0 aliphatic heterocycles. The Hall–Kier alpha value is -1.10. The number of unbranched alkanes of at least 4 members (excludes halogenated alkanes) is 1. The van der Waals surface area contributed by atoms with Crippen LogP contribution in [0.2, 0.25) is 0 Å². The van der Waals surface area contributed by atoms with Gasteiger partial charge in [-0.05, 0) is 11.8 Å². The third kappa shape index (κ3) is 5.70. The number of nitrogens with one attached hydrogen (secondary N) is 2. The van der Waals surface area contributed by atoms with Crippen LogP contribution in [-0.2, 0) is 9.59 Å². The summed E-state index contributed by atoms with van der Waals surface area (Å²) in [5, 5.41) is 9.58. The molecule has 0 aromatic rings. The molecule has 0 aromatic heterocycles. The van der Waals surface area contributed by atoms with Gasteiger partial charge < -0.3 is 5.11 Å². The lowest BCUT2D eigenvalue weighted by molar-refractivity contribution is -0.138. The molecule has 0 bridgehead atoms. The van der Waals surface area contributed by atoms with E-state index in [2.05, 4.69) is 10.9 Å². The smallest absolute Gasteiger partial charge is 0.267 e. The summed E-state index contributed by atoms with van der Waals surface area (Å²) in [4.78, 5) is 22.6. The summed E-state index contributed by atoms with van der Waals surface area (Å²) in [7, 11) is 0. The van der Waals surface area contributed by atoms with Crippen molar-refractivity contribution in [2.75, 3.05) is 0 Å². The van der Waals surface area contributed by atoms with Crippen LogP contribution in [0.3, 0.4) is 0 Å². The molecule has 5 nitrogen and oxygen atoms in total. The number of carbonyl (C=O) groups excluding carboxylic acids is 2. The highest BCUT2D eigenvalue weighted by Gasteiger charge is 2.29. The number of hydrogen-bond donors (Lipinski definition) is 3. The minimum absolute atomic E-state index is 0.240. The lowest BCUT2D eigenvalue weighted by atomic mass is 9.89. The molecule has 0 radical (unpaired) electrons. The molecule has 0 heterocycles. The van der Waals surface area contributed by atoms with E-state index >= 15 is 0 Å². The highest BCUT2D eigenvalue weighted by Crippen LogP contribution is 2.18. The van der Waals surface area contributed by atoms with Crippen LogP contribution < -0.4 is 10.9 Å². The van der Waals surface area contributed by atoms with Gasteiger partial charge in [-0.3, -0.25) is 20.4 Å². The van der Waals surface area contributed by atoms with E-state index in [1.54, 1.807) is 20.8 Å². The maximum atomic E-state index is 11.4. The molecule has 0 saturated carbocycles. The van der Waals surface area contributed by atoms with Gasteiger partial charge in [-0.1, -0.05) is 34.1 Å². The summed E-state index contributed by atoms with van der Waals surface area (Å²) in [6.45, 7) is 7.22. The van der Waals surface area contributed by atoms with Crippen molar-refractivity contribution >= 4 is 11.8 Å². The number of amides is 2. The van der Waals surface area contributed by atoms with Gasteiger partial charge in [0.15, 0.2) is 0 Å². The molecule has 0 fully saturated rings. The van der Waals surface area contributed by atoms with Crippen LogP contribution in [0.4, 0.5) is 0 Å². The molecule has 0 saturated heterocycles. The summed E-state index contributed by atoms with van der Waals surface area (Å²) < 4.78 is 0. The van der Waals surface area contributed by atoms with E-state index in [4.69, 9.17) is 0 Å². The SMILES string of the molecule is CCCCC(=O)NNC(=O)[C@@H](O)C(C)(C)C. The number of rotatable bonds is 4. The largest absolute Gasteiger partial charge is 0.383 e. The van der Waals surface area contributed by atoms with Crippen LogP contribution in [0.25, 0.3) is 0 Å². The summed E-state index contributed by atoms with van der Waals surface area (Å²) in [5.41, 5.74) is 3.94. The van der Waals surface area contributed by atoms with Crippen LogP contribution in [0.1, 0.15) is 47.0 Å². The van der Waals surface area contributed by atoms with Crippen LogP contribution in [0.5, 0.6) is 0 Å². The first-order chi connectivity index (χ1) is 7.29. The van der Waals surface area contributed by atoms with Crippen molar-refractivity contribution in [3.8, 4) is 0 Å². The Kier molecular flexibility index (Phi) is 6.03. The quantitative estimate of drug-likeness (QED) is 0.623. The van der Waals surface area contributed by atoms with Gasteiger partial charge in [0, 0.05) is 6.42 Å². The fourth-order valence-corrected chi connectivity index (χ4v) is 0.993. The number of hydrazine groups is 1. The van der Waals surface area contributed by atoms with Gasteiger partial charge >= 0.3 is 0 Å². The second-order valence-electron chi connectivity index (χ2n) is 4.91. The van der Waals surface area contributed by atoms with E-state index < -0.39 is 17.4 Å². The fourth-order valence-electron chi connectivity index (χ4n) is 0.993. The number of aliphatic hydroxyl groups excluding tert-OH is 1. The van der Waals surface area contributed by atoms with Gasteiger partial charge in [0.2, 0.25) is 5.91 Å². The van der Waals surface area contributed by atoms with Crippen LogP contribution in [-0.4, -0.2) is 23.0 Å². The first-order valence-electron chi connectivity index (χ1n) is 5.55. The van der Waals surface area contributed by atoms with Gasteiger partial charge in [-0.2, -0.15) is 0 Å². The molecule has 5 heteroatoms. The number of aliphatic hydroxyl groups is 1. The normalized spacial score (nSPS) is 13.1. The zero-order chi connectivity index (χ0) is 12.8. The third-order valence-corrected chi connectivity index (χ3v) is 2.15. The minimum Gasteiger partial charge on any atom is -0.383 e. The van der Waals surface area contributed by atoms with Crippen molar-refractivity contribution < 1.29 is 14.7 Å². The van der Waals surface area contributed by atoms with E-state index in [0.29, 0.717) is 6.42 Å². The standard InChI is InChI=1S/C11H22N2O3/c1-5-6-7-8(14)12-13-10(16)9(15)11(2,3)4/h9,15H,5-7H2,1-4H3,(H,12,14)(H,13,16)/t9-/m1/s1. The number of carbonyl (C=O) groups is 2. The number of hydrogen-bond acceptors (Lipinski definition) is 3. The Balaban J connectivity index is 3.94. The monoisotopic (exact) mass is 230 g/mol. The highest BCUT2D eigenvalue weighted by atomic mass is 16.3. The van der Waals surface area contributed by atoms with Gasteiger partial charge in [0.1, 0.15) is 6.10 Å². The first kappa shape index (κ1) is 14.9. The van der Waals surface area contributed by atoms with E-state index in [1.807, 2.05) is 6.92 Å². The minimum atomic E-state index is -1.14. The second kappa shape index (κ2) is 6.48. The van der Waals surface area contributed by atoms with Gasteiger partial charge in [-0.15, -0.1) is 0 Å². The third-order valence-electron chi connectivity index (χ3n) is 2.15. The maximum absolute atomic E-state index is 11.4. The summed E-state index contributed by atoms with van der Waals surface area (Å²) >= 11 is 0. The molecule has 0 rings (SSSR count). The van der Waals surface area contributed by atoms with Crippen LogP contribution in [0, 0.1) is 5.41 Å². The Morgan fingerprint density at radius 2 is 1.81 bits per heavy atom. The predicted octanol–water partition coefficient (Wildman–Crippen LogP) is 0.731. The topological polar surface area (TPSA) is 78.4 Å². The van der Waals surface area contributed by atoms with Crippen LogP contribution in [0.15, 0.2) is 0 Å². The molecular weight excluding hydrogens is 208 g/mol. The Labute approximate surface area is 96.6 Å². The summed E-state index contributed by atoms with van der Waals surface area (Å²) in [6.07, 6.45) is 0.941. The fraction of sp³-hybridized carbons (Fsp3) is 0.818. The molecule has 0 spiro atoms. The predicted molar refractivity (Wildman–Crippen MR) is 61.3 cm³/mol. The summed E-state index contributed by atoms with van der Waals surface area (Å²) in [5.74, 6) is -0.825. The maximum Gasteiger partial charge on any atom is 0.267 e. The Bertz CT molecular complexity index is 246. The van der Waals surface area contributed by atoms with Crippen molar-refractivity contribution in [2.24, 2.45) is 5.41 Å². The molecule has 2 amide bonds. The van der Waals surface area contributed by atoms with Crippen molar-refractivity contribution in [2.45, 2.75) is 53.1 Å². The van der Waals surface area contributed by atoms with Gasteiger partial charge in [-0.25, -0.2) is 0 Å². The lowest BCUT2D eigenvalue weighted by Crippen LogP contribution is -2.50. The van der Waals surface area contributed by atoms with Gasteiger partial charge in [0.25, 0.3) is 5.91 Å². The zero-order valence-electron chi connectivity index (χ0n) is 10.5. The van der Waals surface area contributed by atoms with Crippen molar-refractivity contribution in [1.29, 1.82) is 0 Å². The molecule has 16 heavy (non-hydrogen) atoms. The second-order valence-corrected chi connectivity index (χ2v) is 4.91. The summed E-state index contributed by atoms with van der Waals surface area (Å²) in [6, 6.07) is 0. The molecule has 3 N–H and O–H groups in total. The molecule has 0 aromatic carbocycles. The Morgan fingerprint density at radius 1 is 1.25 bits per heavy atom. The molecule has 0 aliphatic rings. The van der Waals surface area contributed by atoms with Crippen molar-refractivity contribution in [1.82, 2.24) is 10.9 Å². The first-order valence-corrected chi connectivity index (χ1v) is 5.55. The molecule has 0 unspecified atom stereocenters. The molecule has 1 atom stereocenters. The Morgan fingerprint density at radius 3 is 2.25 bits per heavy atom. The molecule has 94 valence electrons.